The van der Waals surface area contributed by atoms with Crippen molar-refractivity contribution >= 4 is 41.2 Å². The van der Waals surface area contributed by atoms with E-state index >= 15 is 0 Å². The van der Waals surface area contributed by atoms with E-state index in [-0.39, 0.29) is 42.0 Å². The van der Waals surface area contributed by atoms with Crippen molar-refractivity contribution in [3.8, 4) is 11.1 Å². The van der Waals surface area contributed by atoms with Crippen molar-refractivity contribution in [3.63, 3.8) is 0 Å². The average Bonchev–Trinajstić information content (AvgIpc) is 3.84. The molecule has 0 spiro atoms. The molecule has 2 N–H and O–H groups in total. The number of methoxy groups -OCH3 is 1. The normalized spacial score (nSPS) is 14.7. The number of benzene rings is 3. The molecule has 3 amide bonds. The third kappa shape index (κ3) is 12.4. The fourth-order valence-electron chi connectivity index (χ4n) is 7.73. The van der Waals surface area contributed by atoms with E-state index in [0.29, 0.717) is 6.42 Å². The zero-order valence-corrected chi connectivity index (χ0v) is 35.7. The van der Waals surface area contributed by atoms with Crippen LogP contribution in [0.1, 0.15) is 91.2 Å². The second-order valence-electron chi connectivity index (χ2n) is 15.5. The number of likely N-dealkylation sites (N-methyl/N-ethyl adjacent to an activating group) is 1. The second kappa shape index (κ2) is 20.7. The first-order valence-corrected chi connectivity index (χ1v) is 20.8. The molecule has 3 aromatic carbocycles. The Morgan fingerprint density at radius 1 is 0.869 bits per heavy atom. The third-order valence-electron chi connectivity index (χ3n) is 10.7. The number of aromatic nitrogens is 1. The summed E-state index contributed by atoms with van der Waals surface area (Å²) in [5.74, 6) is -3.94. The lowest BCUT2D eigenvalue weighted by Crippen LogP contribution is -2.53. The minimum absolute atomic E-state index is 0.0176. The van der Waals surface area contributed by atoms with Gasteiger partial charge in [-0.15, -0.1) is 11.3 Å². The highest BCUT2D eigenvalue weighted by Gasteiger charge is 2.41. The van der Waals surface area contributed by atoms with Crippen LogP contribution in [0.25, 0.3) is 11.1 Å². The largest absolute Gasteiger partial charge is 0.469 e. The summed E-state index contributed by atoms with van der Waals surface area (Å²) in [5, 5.41) is 6.83. The molecule has 12 nitrogen and oxygen atoms in total. The van der Waals surface area contributed by atoms with Crippen LogP contribution in [0.3, 0.4) is 0 Å². The first-order chi connectivity index (χ1) is 28.9. The smallest absolute Gasteiger partial charge is 0.407 e. The molecule has 5 atom stereocenters. The predicted molar refractivity (Wildman–Crippen MR) is 222 cm³/mol. The van der Waals surface area contributed by atoms with Crippen LogP contribution in [0.5, 0.6) is 0 Å². The highest BCUT2D eigenvalue weighted by Crippen LogP contribution is 2.44. The molecule has 0 fully saturated rings. The zero-order valence-electron chi connectivity index (χ0n) is 34.9. The number of amides is 3. The maximum absolute atomic E-state index is 14.0. The topological polar surface area (TPSA) is 153 Å². The molecule has 1 heterocycles. The van der Waals surface area contributed by atoms with Crippen LogP contribution in [0.4, 0.5) is 18.0 Å². The molecular formula is C45H51F3N4O8S. The number of halogens is 3. The molecule has 1 aromatic heterocycles. The minimum Gasteiger partial charge on any atom is -0.469 e. The van der Waals surface area contributed by atoms with Crippen LogP contribution < -0.4 is 10.6 Å². The van der Waals surface area contributed by atoms with Gasteiger partial charge in [0.05, 0.1) is 19.4 Å². The molecule has 0 saturated carbocycles. The van der Waals surface area contributed by atoms with Crippen molar-refractivity contribution in [2.24, 2.45) is 11.8 Å². The number of fused-ring (bicyclic) bond motifs is 3. The van der Waals surface area contributed by atoms with Gasteiger partial charge in [0.2, 0.25) is 5.91 Å². The van der Waals surface area contributed by atoms with Gasteiger partial charge >= 0.3 is 24.2 Å². The lowest BCUT2D eigenvalue weighted by molar-refractivity contribution is -0.156. The third-order valence-corrected chi connectivity index (χ3v) is 11.6. The molecule has 61 heavy (non-hydrogen) atoms. The second-order valence-corrected chi connectivity index (χ2v) is 16.4. The van der Waals surface area contributed by atoms with Gasteiger partial charge < -0.3 is 29.7 Å². The Bertz CT molecular complexity index is 2120. The fraction of sp³-hybridized carbons (Fsp3) is 0.422. The molecule has 4 aromatic rings. The highest BCUT2D eigenvalue weighted by molar-refractivity contribution is 7.09. The number of ether oxygens (including phenoxy) is 3. The summed E-state index contributed by atoms with van der Waals surface area (Å²) in [7, 11) is 2.62. The van der Waals surface area contributed by atoms with Gasteiger partial charge in [-0.2, -0.15) is 13.2 Å². The Kier molecular flexibility index (Phi) is 15.7. The zero-order chi connectivity index (χ0) is 44.4. The summed E-state index contributed by atoms with van der Waals surface area (Å²) in [6, 6.07) is 21.3. The SMILES string of the molecule is COC(=O)[C@@H](C)C[C@H](Cc1ccccc1)NC(=O)c1csc([C@@H](C[C@H](C(C)C)N(C)C(=O)[C@H](CC(F)(F)F)NC(=O)OCC2c3ccccc3-c3ccccc32)OC(C)=O)n1. The standard InChI is InChI=1S/C45H51F3N4O8S/c1-26(2)38(22-39(60-28(4)53)41-50-37(25-61-41)40(54)49-30(20-27(3)43(56)58-6)21-29-14-8-7-9-15-29)52(5)42(55)36(23-45(46,47)48)51-44(57)59-24-35-33-18-12-10-16-31(33)32-17-11-13-19-34(32)35/h7-19,25-27,30,35-36,38-39H,20-24H2,1-6H3,(H,49,54)(H,51,57)/t27-,30+,36-,38+,39+/m0/s1. The minimum atomic E-state index is -4.83. The monoisotopic (exact) mass is 864 g/mol. The van der Waals surface area contributed by atoms with Crippen molar-refractivity contribution in [3.05, 3.63) is 112 Å². The maximum Gasteiger partial charge on any atom is 0.407 e. The first kappa shape index (κ1) is 46.3. The summed E-state index contributed by atoms with van der Waals surface area (Å²) in [6.07, 6.45) is -8.16. The van der Waals surface area contributed by atoms with E-state index in [4.69, 9.17) is 14.2 Å². The van der Waals surface area contributed by atoms with E-state index in [1.54, 1.807) is 20.8 Å². The molecule has 16 heteroatoms. The molecule has 0 unspecified atom stereocenters. The van der Waals surface area contributed by atoms with Gasteiger partial charge in [0, 0.05) is 43.8 Å². The van der Waals surface area contributed by atoms with Gasteiger partial charge in [-0.1, -0.05) is 99.6 Å². The van der Waals surface area contributed by atoms with E-state index in [1.807, 2.05) is 78.9 Å². The Hall–Kier alpha value is -5.77. The molecule has 0 bridgehead atoms. The number of hydrogen-bond donors (Lipinski definition) is 2. The number of carbonyl (C=O) groups is 5. The maximum atomic E-state index is 14.0. The van der Waals surface area contributed by atoms with E-state index in [2.05, 4.69) is 15.6 Å². The molecule has 1 aliphatic carbocycles. The number of hydrogen-bond acceptors (Lipinski definition) is 10. The van der Waals surface area contributed by atoms with Gasteiger partial charge in [0.1, 0.15) is 23.4 Å². The Labute approximate surface area is 357 Å². The fourth-order valence-corrected chi connectivity index (χ4v) is 8.57. The van der Waals surface area contributed by atoms with Crippen LogP contribution in [-0.4, -0.2) is 84.8 Å². The number of esters is 2. The summed E-state index contributed by atoms with van der Waals surface area (Å²) >= 11 is 1.04. The highest BCUT2D eigenvalue weighted by atomic mass is 32.1. The van der Waals surface area contributed by atoms with Crippen LogP contribution in [0.2, 0.25) is 0 Å². The number of alkyl carbamates (subject to hydrolysis) is 1. The van der Waals surface area contributed by atoms with E-state index in [9.17, 15) is 37.1 Å². The summed E-state index contributed by atoms with van der Waals surface area (Å²) in [6.45, 7) is 6.22. The average molecular weight is 865 g/mol. The first-order valence-electron chi connectivity index (χ1n) is 20.0. The van der Waals surface area contributed by atoms with E-state index in [0.717, 1.165) is 44.1 Å². The quantitative estimate of drug-likeness (QED) is 0.0748. The lowest BCUT2D eigenvalue weighted by Gasteiger charge is -2.35. The summed E-state index contributed by atoms with van der Waals surface area (Å²) in [5.41, 5.74) is 4.71. The Morgan fingerprint density at radius 2 is 1.48 bits per heavy atom. The van der Waals surface area contributed by atoms with Gasteiger partial charge in [-0.25, -0.2) is 9.78 Å². The molecule has 0 radical (unpaired) electrons. The Morgan fingerprint density at radius 3 is 2.05 bits per heavy atom. The number of carbonyl (C=O) groups excluding carboxylic acids is 5. The number of nitrogens with one attached hydrogen (secondary N) is 2. The van der Waals surface area contributed by atoms with Crippen molar-refractivity contribution in [2.75, 3.05) is 20.8 Å². The molecule has 5 rings (SSSR count). The van der Waals surface area contributed by atoms with Crippen LogP contribution >= 0.6 is 11.3 Å². The van der Waals surface area contributed by atoms with E-state index in [1.165, 1.54) is 26.5 Å². The number of nitrogens with zero attached hydrogens (tertiary/aromatic N) is 2. The van der Waals surface area contributed by atoms with Crippen LogP contribution in [-0.2, 0) is 35.0 Å². The van der Waals surface area contributed by atoms with Gasteiger partial charge in [-0.05, 0) is 46.6 Å². The Balaban J connectivity index is 1.29. The van der Waals surface area contributed by atoms with Crippen molar-refractivity contribution in [1.82, 2.24) is 20.5 Å². The molecular weight excluding hydrogens is 814 g/mol. The molecule has 0 aliphatic heterocycles. The van der Waals surface area contributed by atoms with Crippen LogP contribution in [0.15, 0.2) is 84.2 Å². The van der Waals surface area contributed by atoms with Crippen molar-refractivity contribution in [2.45, 2.75) is 89.7 Å². The molecule has 326 valence electrons. The van der Waals surface area contributed by atoms with Gasteiger partial charge in [0.25, 0.3) is 5.91 Å². The van der Waals surface area contributed by atoms with Crippen molar-refractivity contribution < 1.29 is 51.4 Å². The summed E-state index contributed by atoms with van der Waals surface area (Å²) in [4.78, 5) is 70.9. The summed E-state index contributed by atoms with van der Waals surface area (Å²) < 4.78 is 57.9. The number of rotatable bonds is 18. The molecule has 1 aliphatic rings. The van der Waals surface area contributed by atoms with Crippen molar-refractivity contribution in [1.29, 1.82) is 0 Å². The number of thiazole rings is 1. The van der Waals surface area contributed by atoms with Gasteiger partial charge in [-0.3, -0.25) is 19.2 Å². The predicted octanol–water partition coefficient (Wildman–Crippen LogP) is 8.02. The molecule has 0 saturated heterocycles. The van der Waals surface area contributed by atoms with Crippen LogP contribution in [0, 0.1) is 11.8 Å². The number of alkyl halides is 3. The van der Waals surface area contributed by atoms with Gasteiger partial charge in [0.15, 0.2) is 6.10 Å². The van der Waals surface area contributed by atoms with E-state index < -0.39 is 72.6 Å². The lowest BCUT2D eigenvalue weighted by atomic mass is 9.95.